The lowest BCUT2D eigenvalue weighted by molar-refractivity contribution is -0.114. The zero-order valence-corrected chi connectivity index (χ0v) is 10.7. The zero-order valence-electron chi connectivity index (χ0n) is 9.96. The molecule has 3 aliphatic carbocycles. The summed E-state index contributed by atoms with van der Waals surface area (Å²) in [6, 6.07) is 0. The SMILES string of the molecule is C[C@H]1C=C[C@H]2[C@@H](C3=C(Cl)C(=O)C[C@H]31)C2(C)C. The molecule has 0 amide bonds. The van der Waals surface area contributed by atoms with Gasteiger partial charge in [-0.1, -0.05) is 44.5 Å². The molecule has 1 saturated carbocycles. The van der Waals surface area contributed by atoms with Crippen molar-refractivity contribution in [3.63, 3.8) is 0 Å². The molecular weight excluding hydrogens is 220 g/mol. The molecule has 86 valence electrons. The van der Waals surface area contributed by atoms with Crippen LogP contribution in [0.15, 0.2) is 22.8 Å². The van der Waals surface area contributed by atoms with Gasteiger partial charge in [0.05, 0.1) is 5.03 Å². The Balaban J connectivity index is 2.10. The summed E-state index contributed by atoms with van der Waals surface area (Å²) in [6.45, 7) is 6.75. The van der Waals surface area contributed by atoms with E-state index in [9.17, 15) is 4.79 Å². The molecule has 0 aliphatic heterocycles. The highest BCUT2D eigenvalue weighted by Crippen LogP contribution is 2.67. The van der Waals surface area contributed by atoms with Crippen molar-refractivity contribution in [2.24, 2.45) is 29.1 Å². The van der Waals surface area contributed by atoms with Gasteiger partial charge >= 0.3 is 0 Å². The Morgan fingerprint density at radius 2 is 2.06 bits per heavy atom. The van der Waals surface area contributed by atoms with E-state index in [1.807, 2.05) is 0 Å². The Bertz CT molecular complexity index is 430. The van der Waals surface area contributed by atoms with Crippen LogP contribution in [0.25, 0.3) is 0 Å². The van der Waals surface area contributed by atoms with Crippen molar-refractivity contribution >= 4 is 17.4 Å². The highest BCUT2D eigenvalue weighted by atomic mass is 35.5. The minimum Gasteiger partial charge on any atom is -0.293 e. The summed E-state index contributed by atoms with van der Waals surface area (Å²) >= 11 is 6.23. The van der Waals surface area contributed by atoms with Gasteiger partial charge in [0.2, 0.25) is 0 Å². The van der Waals surface area contributed by atoms with Crippen LogP contribution in [0.3, 0.4) is 0 Å². The summed E-state index contributed by atoms with van der Waals surface area (Å²) in [5.74, 6) is 2.09. The summed E-state index contributed by atoms with van der Waals surface area (Å²) in [5, 5.41) is 0.557. The maximum Gasteiger partial charge on any atom is 0.174 e. The van der Waals surface area contributed by atoms with Crippen molar-refractivity contribution in [3.05, 3.63) is 22.8 Å². The second kappa shape index (κ2) is 3.01. The van der Waals surface area contributed by atoms with Gasteiger partial charge < -0.3 is 0 Å². The molecule has 0 aromatic rings. The van der Waals surface area contributed by atoms with Gasteiger partial charge in [-0.25, -0.2) is 0 Å². The van der Waals surface area contributed by atoms with E-state index in [1.54, 1.807) is 0 Å². The average molecular weight is 237 g/mol. The van der Waals surface area contributed by atoms with E-state index >= 15 is 0 Å². The third kappa shape index (κ3) is 1.15. The van der Waals surface area contributed by atoms with Crippen LogP contribution in [0.5, 0.6) is 0 Å². The van der Waals surface area contributed by atoms with Crippen molar-refractivity contribution in [1.82, 2.24) is 0 Å². The molecule has 0 aromatic heterocycles. The van der Waals surface area contributed by atoms with Gasteiger partial charge in [-0.05, 0) is 34.7 Å². The molecular formula is C14H17ClO. The van der Waals surface area contributed by atoms with E-state index < -0.39 is 0 Å². The van der Waals surface area contributed by atoms with E-state index in [1.165, 1.54) is 5.57 Å². The fourth-order valence-corrected chi connectivity index (χ4v) is 3.95. The molecule has 16 heavy (non-hydrogen) atoms. The number of Topliss-reactive ketones (excluding diaryl/α,β-unsaturated/α-hetero) is 1. The van der Waals surface area contributed by atoms with E-state index in [-0.39, 0.29) is 5.78 Å². The van der Waals surface area contributed by atoms with Gasteiger partial charge in [0.25, 0.3) is 0 Å². The maximum absolute atomic E-state index is 11.8. The third-order valence-electron chi connectivity index (χ3n) is 4.81. The smallest absolute Gasteiger partial charge is 0.174 e. The van der Waals surface area contributed by atoms with E-state index in [4.69, 9.17) is 11.6 Å². The predicted molar refractivity (Wildman–Crippen MR) is 65.1 cm³/mol. The third-order valence-corrected chi connectivity index (χ3v) is 5.23. The molecule has 3 rings (SSSR count). The normalized spacial score (nSPS) is 44.1. The number of rotatable bonds is 0. The molecule has 0 saturated heterocycles. The molecule has 1 fully saturated rings. The van der Waals surface area contributed by atoms with Crippen LogP contribution in [0, 0.1) is 29.1 Å². The second-order valence-electron chi connectivity index (χ2n) is 6.07. The summed E-state index contributed by atoms with van der Waals surface area (Å²) < 4.78 is 0. The monoisotopic (exact) mass is 236 g/mol. The lowest BCUT2D eigenvalue weighted by atomic mass is 9.84. The number of hydrogen-bond acceptors (Lipinski definition) is 1. The van der Waals surface area contributed by atoms with Crippen molar-refractivity contribution in [2.75, 3.05) is 0 Å². The maximum atomic E-state index is 11.8. The van der Waals surface area contributed by atoms with Gasteiger partial charge in [0.1, 0.15) is 0 Å². The van der Waals surface area contributed by atoms with Gasteiger partial charge in [-0.3, -0.25) is 4.79 Å². The molecule has 0 N–H and O–H groups in total. The lowest BCUT2D eigenvalue weighted by Crippen LogP contribution is -2.12. The predicted octanol–water partition coefficient (Wildman–Crippen LogP) is 3.55. The largest absolute Gasteiger partial charge is 0.293 e. The van der Waals surface area contributed by atoms with Gasteiger partial charge in [-0.2, -0.15) is 0 Å². The molecule has 0 aromatic carbocycles. The first kappa shape index (κ1) is 10.6. The van der Waals surface area contributed by atoms with Crippen molar-refractivity contribution < 1.29 is 4.79 Å². The van der Waals surface area contributed by atoms with Gasteiger partial charge in [0.15, 0.2) is 5.78 Å². The Morgan fingerprint density at radius 3 is 2.75 bits per heavy atom. The highest BCUT2D eigenvalue weighted by Gasteiger charge is 2.61. The van der Waals surface area contributed by atoms with E-state index in [0.717, 1.165) is 0 Å². The average Bonchev–Trinajstić information content (AvgIpc) is 2.68. The summed E-state index contributed by atoms with van der Waals surface area (Å²) in [4.78, 5) is 11.8. The molecule has 0 radical (unpaired) electrons. The van der Waals surface area contributed by atoms with Crippen LogP contribution in [-0.2, 0) is 4.79 Å². The molecule has 4 atom stereocenters. The van der Waals surface area contributed by atoms with Gasteiger partial charge in [0, 0.05) is 6.42 Å². The van der Waals surface area contributed by atoms with Crippen LogP contribution >= 0.6 is 11.6 Å². The summed E-state index contributed by atoms with van der Waals surface area (Å²) in [5.41, 5.74) is 1.56. The molecule has 0 unspecified atom stereocenters. The topological polar surface area (TPSA) is 17.1 Å². The number of allylic oxidation sites excluding steroid dienone is 4. The number of carbonyl (C=O) groups excluding carboxylic acids is 1. The lowest BCUT2D eigenvalue weighted by Gasteiger charge is -2.19. The second-order valence-corrected chi connectivity index (χ2v) is 6.45. The van der Waals surface area contributed by atoms with Crippen LogP contribution < -0.4 is 0 Å². The van der Waals surface area contributed by atoms with E-state index in [2.05, 4.69) is 32.9 Å². The number of carbonyl (C=O) groups is 1. The highest BCUT2D eigenvalue weighted by molar-refractivity contribution is 6.43. The standard InChI is InChI=1S/C14H17ClO/c1-7-4-5-9-12(14(9,2)3)11-8(7)6-10(16)13(11)15/h4-5,7-9,12H,6H2,1-3H3/t7-,8-,9-,12-/m0/s1. The molecule has 0 heterocycles. The Morgan fingerprint density at radius 1 is 1.38 bits per heavy atom. The fourth-order valence-electron chi connectivity index (χ4n) is 3.62. The zero-order chi connectivity index (χ0) is 11.7. The van der Waals surface area contributed by atoms with Gasteiger partial charge in [-0.15, -0.1) is 0 Å². The van der Waals surface area contributed by atoms with Crippen molar-refractivity contribution in [2.45, 2.75) is 27.2 Å². The fraction of sp³-hybridized carbons (Fsp3) is 0.643. The van der Waals surface area contributed by atoms with Crippen LogP contribution in [0.2, 0.25) is 0 Å². The Hall–Kier alpha value is -0.560. The molecule has 0 spiro atoms. The van der Waals surface area contributed by atoms with Crippen molar-refractivity contribution in [3.8, 4) is 0 Å². The number of hydrogen-bond donors (Lipinski definition) is 0. The quantitative estimate of drug-likeness (QED) is 0.588. The van der Waals surface area contributed by atoms with Crippen molar-refractivity contribution in [1.29, 1.82) is 0 Å². The Kier molecular flexibility index (Phi) is 1.99. The molecule has 0 bridgehead atoms. The number of ketones is 1. The number of halogens is 1. The minimum absolute atomic E-state index is 0.158. The first-order valence-corrected chi connectivity index (χ1v) is 6.43. The van der Waals surface area contributed by atoms with Crippen LogP contribution in [0.4, 0.5) is 0 Å². The molecule has 3 aliphatic rings. The summed E-state index contributed by atoms with van der Waals surface area (Å²) in [7, 11) is 0. The minimum atomic E-state index is 0.158. The number of fused-ring (bicyclic) bond motifs is 3. The Labute approximate surface area is 102 Å². The van der Waals surface area contributed by atoms with Crippen LogP contribution in [0.1, 0.15) is 27.2 Å². The first-order valence-electron chi connectivity index (χ1n) is 6.05. The molecule has 2 heteroatoms. The molecule has 1 nitrogen and oxygen atoms in total. The summed E-state index contributed by atoms with van der Waals surface area (Å²) in [6.07, 6.45) is 5.25. The van der Waals surface area contributed by atoms with E-state index in [0.29, 0.717) is 40.5 Å². The first-order chi connectivity index (χ1) is 7.44. The van der Waals surface area contributed by atoms with Crippen LogP contribution in [-0.4, -0.2) is 5.78 Å².